The number of aryl methyl sites for hydroxylation is 3. The first-order chi connectivity index (χ1) is 31.7. The second-order valence-electron chi connectivity index (χ2n) is 14.3. The third-order valence-electron chi connectivity index (χ3n) is 9.46. The van der Waals surface area contributed by atoms with E-state index in [0.717, 1.165) is 11.1 Å². The fourth-order valence-corrected chi connectivity index (χ4v) is 6.71. The van der Waals surface area contributed by atoms with Gasteiger partial charge in [0.25, 0.3) is 0 Å². The molecule has 0 bridgehead atoms. The minimum absolute atomic E-state index is 0. The van der Waals surface area contributed by atoms with Gasteiger partial charge in [0.1, 0.15) is 11.6 Å². The van der Waals surface area contributed by atoms with Crippen molar-refractivity contribution in [2.75, 3.05) is 0 Å². The van der Waals surface area contributed by atoms with Crippen molar-refractivity contribution in [2.45, 2.75) is 53.7 Å². The number of aromatic nitrogens is 3. The van der Waals surface area contributed by atoms with Crippen LogP contribution in [0.3, 0.4) is 0 Å². The molecule has 276 valence electrons. The van der Waals surface area contributed by atoms with Gasteiger partial charge in [0, 0.05) is 46.8 Å². The molecule has 6 aromatic carbocycles. The standard InChI is InChI=1S/C50H44N3O.Pt/c1-31-23-33(3)48(54)44(24-31)49-52-47-42(19-14-20-46(47)53(49)41-25-32(2)34(4)43(30-41)36-17-12-9-13-18-36)38-26-39(28-40(27-38)50(5,6)7)45-29-37(21-22-51-45)35-15-10-8-11-16-35;/h8-25,27-30,54H,1-7H3;/q-1;/i2D3,4D3,8D,10D,11D,15D,16D,21D,22D,29D;. The maximum Gasteiger partial charge on any atom is 0.148 e. The SMILES string of the molecule is [2H]c1nc(-c2[c-]c(-c3cccc4c3nc(-c3cc(C)cc(C)c3O)n4-c3cc(-c4ccccc4)c(C([2H])([2H])[2H])c(C([2H])([2H])[2H])c3)cc(C(C)(C)C)c2)c([2H])c(-c2c([2H])c([2H])c([2H])c([2H])c2[2H])c1[2H].[Pt]. The third kappa shape index (κ3) is 7.20. The van der Waals surface area contributed by atoms with Crippen LogP contribution in [0.2, 0.25) is 0 Å². The molecule has 4 nitrogen and oxygen atoms in total. The van der Waals surface area contributed by atoms with E-state index in [-0.39, 0.29) is 71.8 Å². The zero-order chi connectivity index (χ0) is 49.7. The van der Waals surface area contributed by atoms with Gasteiger partial charge in [0.05, 0.1) is 27.6 Å². The molecule has 0 atom stereocenters. The summed E-state index contributed by atoms with van der Waals surface area (Å²) in [4.78, 5) is 9.56. The number of benzene rings is 6. The number of pyridine rings is 1. The number of fused-ring (bicyclic) bond motifs is 1. The van der Waals surface area contributed by atoms with Crippen LogP contribution in [-0.4, -0.2) is 19.6 Å². The summed E-state index contributed by atoms with van der Waals surface area (Å²) >= 11 is 0. The van der Waals surface area contributed by atoms with Crippen LogP contribution in [0.25, 0.3) is 72.7 Å². The average Bonchev–Trinajstić information content (AvgIpc) is 3.67. The van der Waals surface area contributed by atoms with Crippen LogP contribution in [0.15, 0.2) is 133 Å². The smallest absolute Gasteiger partial charge is 0.148 e. The van der Waals surface area contributed by atoms with Gasteiger partial charge in [0.15, 0.2) is 0 Å². The van der Waals surface area contributed by atoms with E-state index in [9.17, 15) is 6.48 Å². The summed E-state index contributed by atoms with van der Waals surface area (Å²) < 4.78 is 122. The Labute approximate surface area is 358 Å². The molecule has 0 aliphatic carbocycles. The van der Waals surface area contributed by atoms with Crippen molar-refractivity contribution >= 4 is 11.0 Å². The number of para-hydroxylation sites is 1. The Balaban J connectivity index is 0.00000703. The molecule has 2 heterocycles. The molecule has 55 heavy (non-hydrogen) atoms. The zero-order valence-electron chi connectivity index (χ0n) is 44.7. The van der Waals surface area contributed by atoms with E-state index < -0.39 is 73.2 Å². The number of rotatable bonds is 6. The molecule has 0 radical (unpaired) electrons. The summed E-state index contributed by atoms with van der Waals surface area (Å²) in [5.74, 6) is 0.132. The van der Waals surface area contributed by atoms with Gasteiger partial charge >= 0.3 is 0 Å². The fourth-order valence-electron chi connectivity index (χ4n) is 6.71. The van der Waals surface area contributed by atoms with Crippen molar-refractivity contribution in [2.24, 2.45) is 0 Å². The molecule has 0 spiro atoms. The van der Waals surface area contributed by atoms with Gasteiger partial charge in [0.2, 0.25) is 0 Å². The Morgan fingerprint density at radius 2 is 1.53 bits per heavy atom. The van der Waals surface area contributed by atoms with Crippen molar-refractivity contribution in [3.63, 3.8) is 0 Å². The topological polar surface area (TPSA) is 50.9 Å². The van der Waals surface area contributed by atoms with Gasteiger partial charge in [-0.05, 0) is 108 Å². The molecule has 0 aliphatic heterocycles. The molecular weight excluding hydrogens is 854 g/mol. The number of imidazole rings is 1. The largest absolute Gasteiger partial charge is 0.507 e. The Kier molecular flexibility index (Phi) is 6.53. The number of hydrogen-bond donors (Lipinski definition) is 1. The molecule has 0 aliphatic rings. The summed E-state index contributed by atoms with van der Waals surface area (Å²) in [6.07, 6.45) is -0.594. The number of hydrogen-bond acceptors (Lipinski definition) is 3. The maximum atomic E-state index is 11.7. The van der Waals surface area contributed by atoms with E-state index in [1.54, 1.807) is 78.2 Å². The van der Waals surface area contributed by atoms with E-state index >= 15 is 0 Å². The fraction of sp³-hybridized carbons (Fsp3) is 0.160. The van der Waals surface area contributed by atoms with Gasteiger partial charge in [-0.2, -0.15) is 0 Å². The van der Waals surface area contributed by atoms with Crippen molar-refractivity contribution in [1.29, 1.82) is 0 Å². The summed E-state index contributed by atoms with van der Waals surface area (Å²) in [6, 6.07) is 23.2. The van der Waals surface area contributed by atoms with E-state index in [1.807, 2.05) is 39.8 Å². The molecule has 5 heteroatoms. The Morgan fingerprint density at radius 1 is 0.745 bits per heavy atom. The van der Waals surface area contributed by atoms with Crippen LogP contribution in [0.5, 0.6) is 5.75 Å². The first-order valence-electron chi connectivity index (χ1n) is 24.4. The summed E-state index contributed by atoms with van der Waals surface area (Å²) in [7, 11) is 0. The van der Waals surface area contributed by atoms with Gasteiger partial charge in [-0.15, -0.1) is 29.3 Å². The van der Waals surface area contributed by atoms with E-state index in [2.05, 4.69) is 11.1 Å². The quantitative estimate of drug-likeness (QED) is 0.169. The van der Waals surface area contributed by atoms with Gasteiger partial charge in [-0.1, -0.05) is 117 Å². The first kappa shape index (κ1) is 24.0. The Hall–Kier alpha value is -5.57. The number of phenolic OH excluding ortho intramolecular Hbond substituents is 1. The van der Waals surface area contributed by atoms with Crippen molar-refractivity contribution in [1.82, 2.24) is 14.5 Å². The van der Waals surface area contributed by atoms with Crippen LogP contribution in [0.1, 0.15) is 67.8 Å². The normalized spacial score (nSPS) is 15.6. The van der Waals surface area contributed by atoms with E-state index in [0.29, 0.717) is 38.9 Å². The van der Waals surface area contributed by atoms with Crippen molar-refractivity contribution < 1.29 is 45.4 Å². The van der Waals surface area contributed by atoms with Gasteiger partial charge < -0.3 is 5.11 Å². The number of aromatic hydroxyl groups is 1. The summed E-state index contributed by atoms with van der Waals surface area (Å²) in [5.41, 5.74) is 3.11. The molecule has 0 amide bonds. The molecule has 0 saturated heterocycles. The molecule has 0 fully saturated rings. The molecule has 2 aromatic heterocycles. The second kappa shape index (κ2) is 14.9. The predicted molar refractivity (Wildman–Crippen MR) is 224 cm³/mol. The molecule has 0 unspecified atom stereocenters. The van der Waals surface area contributed by atoms with Gasteiger partial charge in [-0.3, -0.25) is 9.55 Å². The van der Waals surface area contributed by atoms with Crippen LogP contribution in [0, 0.1) is 33.6 Å². The van der Waals surface area contributed by atoms with Crippen LogP contribution >= 0.6 is 0 Å². The second-order valence-corrected chi connectivity index (χ2v) is 14.3. The van der Waals surface area contributed by atoms with E-state index in [1.165, 1.54) is 6.07 Å². The Morgan fingerprint density at radius 3 is 2.27 bits per heavy atom. The van der Waals surface area contributed by atoms with Crippen molar-refractivity contribution in [3.8, 4) is 67.5 Å². The number of nitrogens with zero attached hydrogens (tertiary/aromatic N) is 3. The minimum atomic E-state index is -2.88. The van der Waals surface area contributed by atoms with E-state index in [4.69, 9.17) is 22.8 Å². The zero-order valence-corrected chi connectivity index (χ0v) is 33.0. The van der Waals surface area contributed by atoms with Crippen LogP contribution in [0.4, 0.5) is 0 Å². The predicted octanol–water partition coefficient (Wildman–Crippen LogP) is 12.8. The van der Waals surface area contributed by atoms with Crippen LogP contribution < -0.4 is 0 Å². The maximum absolute atomic E-state index is 11.7. The molecule has 0 saturated carbocycles. The molecule has 8 aromatic rings. The summed E-state index contributed by atoms with van der Waals surface area (Å²) in [5, 5.41) is 11.7. The molecule has 8 rings (SSSR count). The van der Waals surface area contributed by atoms with Crippen LogP contribution in [-0.2, 0) is 26.5 Å². The number of phenols is 1. The molecule has 1 N–H and O–H groups in total. The Bertz CT molecular complexity index is 3350. The minimum Gasteiger partial charge on any atom is -0.507 e. The molecular formula is C50H44N3OPt-. The first-order valence-corrected chi connectivity index (χ1v) is 17.4. The third-order valence-corrected chi connectivity index (χ3v) is 9.46. The monoisotopic (exact) mass is 911 g/mol. The average molecular weight is 912 g/mol. The van der Waals surface area contributed by atoms with Gasteiger partial charge in [-0.25, -0.2) is 4.98 Å². The summed E-state index contributed by atoms with van der Waals surface area (Å²) in [6.45, 7) is 3.81. The van der Waals surface area contributed by atoms with Crippen molar-refractivity contribution in [3.05, 3.63) is 167 Å².